The van der Waals surface area contributed by atoms with Crippen LogP contribution in [-0.4, -0.2) is 25.1 Å². The van der Waals surface area contributed by atoms with Crippen molar-refractivity contribution in [2.75, 3.05) is 4.72 Å². The van der Waals surface area contributed by atoms with Gasteiger partial charge >= 0.3 is 0 Å². The second-order valence-electron chi connectivity index (χ2n) is 5.75. The summed E-state index contributed by atoms with van der Waals surface area (Å²) in [6.07, 6.45) is 0.481. The van der Waals surface area contributed by atoms with E-state index in [0.717, 1.165) is 5.56 Å². The van der Waals surface area contributed by atoms with Gasteiger partial charge in [0.15, 0.2) is 0 Å². The number of hydrogen-bond donors (Lipinski definition) is 1. The molecule has 3 rings (SSSR count). The number of carbonyl (C=O) groups excluding carboxylic acids is 2. The second kappa shape index (κ2) is 7.38. The normalized spacial score (nSPS) is 14.8. The maximum Gasteiger partial charge on any atom is 0.263 e. The van der Waals surface area contributed by atoms with Crippen molar-refractivity contribution in [2.45, 2.75) is 24.3 Å². The highest BCUT2D eigenvalue weighted by Crippen LogP contribution is 2.27. The smallest absolute Gasteiger partial charge is 0.263 e. The fraction of sp³-hybridized carbons (Fsp3) is 0.176. The number of sulfonamides is 1. The first-order valence-corrected chi connectivity index (χ1v) is 10.3. The topological polar surface area (TPSA) is 83.6 Å². The first-order chi connectivity index (χ1) is 12.3. The molecule has 1 heterocycles. The van der Waals surface area contributed by atoms with Gasteiger partial charge in [0.1, 0.15) is 4.90 Å². The van der Waals surface area contributed by atoms with Gasteiger partial charge in [-0.15, -0.1) is 0 Å². The van der Waals surface area contributed by atoms with Gasteiger partial charge in [0, 0.05) is 23.0 Å². The van der Waals surface area contributed by atoms with Gasteiger partial charge in [-0.2, -0.15) is 0 Å². The predicted molar refractivity (Wildman–Crippen MR) is 101 cm³/mol. The SMILES string of the molecule is O=C1CCC(=O)N1Cc1ccc(NS(=O)(=O)c2ccc(Br)cc2Cl)cc1. The number of anilines is 1. The average Bonchev–Trinajstić information content (AvgIpc) is 2.88. The van der Waals surface area contributed by atoms with Crippen molar-refractivity contribution in [3.8, 4) is 0 Å². The Balaban J connectivity index is 1.74. The molecule has 0 bridgehead atoms. The lowest BCUT2D eigenvalue weighted by Crippen LogP contribution is -2.28. The van der Waals surface area contributed by atoms with Gasteiger partial charge in [-0.05, 0) is 35.9 Å². The van der Waals surface area contributed by atoms with Gasteiger partial charge in [0.05, 0.1) is 11.6 Å². The molecular formula is C17H14BrClN2O4S. The largest absolute Gasteiger partial charge is 0.280 e. The second-order valence-corrected chi connectivity index (χ2v) is 8.72. The summed E-state index contributed by atoms with van der Waals surface area (Å²) in [6, 6.07) is 11.0. The number of nitrogens with one attached hydrogen (secondary N) is 1. The minimum Gasteiger partial charge on any atom is -0.280 e. The maximum absolute atomic E-state index is 12.5. The molecule has 0 saturated carbocycles. The van der Waals surface area contributed by atoms with E-state index in [-0.39, 0.29) is 41.1 Å². The molecule has 136 valence electrons. The quantitative estimate of drug-likeness (QED) is 0.696. The number of imide groups is 1. The molecule has 1 aliphatic rings. The Morgan fingerprint density at radius 1 is 1.04 bits per heavy atom. The van der Waals surface area contributed by atoms with Crippen LogP contribution in [0.5, 0.6) is 0 Å². The molecule has 0 radical (unpaired) electrons. The van der Waals surface area contributed by atoms with Crippen molar-refractivity contribution >= 4 is 55.1 Å². The van der Waals surface area contributed by atoms with Crippen LogP contribution in [0.2, 0.25) is 5.02 Å². The Morgan fingerprint density at radius 2 is 1.65 bits per heavy atom. The lowest BCUT2D eigenvalue weighted by atomic mass is 10.2. The number of nitrogens with zero attached hydrogens (tertiary/aromatic N) is 1. The molecule has 6 nitrogen and oxygen atoms in total. The van der Waals surface area contributed by atoms with Crippen molar-refractivity contribution < 1.29 is 18.0 Å². The van der Waals surface area contributed by atoms with Gasteiger partial charge in [0.25, 0.3) is 10.0 Å². The maximum atomic E-state index is 12.5. The van der Waals surface area contributed by atoms with E-state index in [2.05, 4.69) is 20.7 Å². The number of hydrogen-bond acceptors (Lipinski definition) is 4. The summed E-state index contributed by atoms with van der Waals surface area (Å²) in [5.41, 5.74) is 1.09. The zero-order chi connectivity index (χ0) is 18.9. The number of halogens is 2. The van der Waals surface area contributed by atoms with Crippen molar-refractivity contribution in [1.82, 2.24) is 4.90 Å². The third kappa shape index (κ3) is 4.08. The van der Waals surface area contributed by atoms with Gasteiger partial charge in [-0.3, -0.25) is 19.2 Å². The van der Waals surface area contributed by atoms with E-state index in [1.165, 1.54) is 17.0 Å². The first-order valence-electron chi connectivity index (χ1n) is 7.66. The van der Waals surface area contributed by atoms with Gasteiger partial charge in [0.2, 0.25) is 11.8 Å². The number of carbonyl (C=O) groups is 2. The van der Waals surface area contributed by atoms with Crippen LogP contribution in [0.15, 0.2) is 51.8 Å². The Kier molecular flexibility index (Phi) is 5.36. The average molecular weight is 458 g/mol. The predicted octanol–water partition coefficient (Wildman–Crippen LogP) is 3.55. The van der Waals surface area contributed by atoms with Crippen LogP contribution in [0.4, 0.5) is 5.69 Å². The fourth-order valence-electron chi connectivity index (χ4n) is 2.56. The molecule has 2 aromatic rings. The highest BCUT2D eigenvalue weighted by molar-refractivity contribution is 9.10. The first kappa shape index (κ1) is 18.9. The Labute approximate surface area is 164 Å². The van der Waals surface area contributed by atoms with E-state index in [0.29, 0.717) is 10.2 Å². The molecule has 0 aromatic heterocycles. The molecule has 1 aliphatic heterocycles. The van der Waals surface area contributed by atoms with Gasteiger partial charge in [-0.25, -0.2) is 8.42 Å². The highest BCUT2D eigenvalue weighted by Gasteiger charge is 2.28. The summed E-state index contributed by atoms with van der Waals surface area (Å²) in [5, 5.41) is 0.106. The van der Waals surface area contributed by atoms with E-state index < -0.39 is 10.0 Å². The molecule has 1 fully saturated rings. The summed E-state index contributed by atoms with van der Waals surface area (Å²) in [6.45, 7) is 0.184. The molecule has 1 saturated heterocycles. The summed E-state index contributed by atoms with van der Waals surface area (Å²) >= 11 is 9.24. The van der Waals surface area contributed by atoms with Crippen LogP contribution < -0.4 is 4.72 Å². The Morgan fingerprint density at radius 3 is 2.23 bits per heavy atom. The summed E-state index contributed by atoms with van der Waals surface area (Å²) in [5.74, 6) is -0.380. The van der Waals surface area contributed by atoms with Crippen LogP contribution in [0.1, 0.15) is 18.4 Å². The van der Waals surface area contributed by atoms with Crippen LogP contribution in [0.3, 0.4) is 0 Å². The lowest BCUT2D eigenvalue weighted by molar-refractivity contribution is -0.139. The standard InChI is InChI=1S/C17H14BrClN2O4S/c18-12-3-6-15(14(19)9-12)26(24,25)20-13-4-1-11(2-5-13)10-21-16(22)7-8-17(21)23/h1-6,9,20H,7-8,10H2. The van der Waals surface area contributed by atoms with Crippen molar-refractivity contribution in [1.29, 1.82) is 0 Å². The van der Waals surface area contributed by atoms with Crippen LogP contribution in [0.25, 0.3) is 0 Å². The molecule has 26 heavy (non-hydrogen) atoms. The minimum atomic E-state index is -3.83. The fourth-order valence-corrected chi connectivity index (χ4v) is 4.66. The zero-order valence-electron chi connectivity index (χ0n) is 13.4. The van der Waals surface area contributed by atoms with Gasteiger partial charge < -0.3 is 0 Å². The number of benzene rings is 2. The molecule has 1 N–H and O–H groups in total. The van der Waals surface area contributed by atoms with E-state index in [1.54, 1.807) is 30.3 Å². The molecule has 0 atom stereocenters. The molecule has 0 unspecified atom stereocenters. The molecule has 0 aliphatic carbocycles. The Bertz CT molecular complexity index is 961. The third-order valence-corrected chi connectivity index (χ3v) is 6.24. The van der Waals surface area contributed by atoms with E-state index >= 15 is 0 Å². The van der Waals surface area contributed by atoms with E-state index in [9.17, 15) is 18.0 Å². The summed E-state index contributed by atoms with van der Waals surface area (Å²) < 4.78 is 28.1. The molecule has 2 amide bonds. The minimum absolute atomic E-state index is 0.0281. The zero-order valence-corrected chi connectivity index (χ0v) is 16.6. The van der Waals surface area contributed by atoms with Gasteiger partial charge in [-0.1, -0.05) is 39.7 Å². The van der Waals surface area contributed by atoms with E-state index in [1.807, 2.05) is 0 Å². The Hall–Kier alpha value is -1.90. The molecule has 9 heteroatoms. The van der Waals surface area contributed by atoms with E-state index in [4.69, 9.17) is 11.6 Å². The number of amides is 2. The summed E-state index contributed by atoms with van der Waals surface area (Å²) in [7, 11) is -3.83. The lowest BCUT2D eigenvalue weighted by Gasteiger charge is -2.14. The van der Waals surface area contributed by atoms with Crippen LogP contribution >= 0.6 is 27.5 Å². The van der Waals surface area contributed by atoms with Crippen LogP contribution in [0, 0.1) is 0 Å². The van der Waals surface area contributed by atoms with Crippen molar-refractivity contribution in [3.63, 3.8) is 0 Å². The number of rotatable bonds is 5. The molecule has 2 aromatic carbocycles. The van der Waals surface area contributed by atoms with Crippen LogP contribution in [-0.2, 0) is 26.2 Å². The van der Waals surface area contributed by atoms with Crippen molar-refractivity contribution in [2.24, 2.45) is 0 Å². The molecular weight excluding hydrogens is 444 g/mol. The summed E-state index contributed by atoms with van der Waals surface area (Å²) in [4.78, 5) is 24.5. The van der Waals surface area contributed by atoms with Crippen molar-refractivity contribution in [3.05, 3.63) is 57.5 Å². The monoisotopic (exact) mass is 456 g/mol. The third-order valence-electron chi connectivity index (χ3n) is 3.89. The highest BCUT2D eigenvalue weighted by atomic mass is 79.9. The number of likely N-dealkylation sites (tertiary alicyclic amines) is 1. The molecule has 0 spiro atoms.